The average Bonchev–Trinajstić information content (AvgIpc) is 2.73. The molecule has 2 N–H and O–H groups in total. The topological polar surface area (TPSA) is 54.3 Å². The van der Waals surface area contributed by atoms with Crippen LogP contribution in [0.1, 0.15) is 17.7 Å². The van der Waals surface area contributed by atoms with Crippen LogP contribution >= 0.6 is 0 Å². The molecule has 0 saturated carbocycles. The van der Waals surface area contributed by atoms with Crippen LogP contribution in [0.15, 0.2) is 29.8 Å². The molecule has 1 unspecified atom stereocenters. The lowest BCUT2D eigenvalue weighted by molar-refractivity contribution is -0.119. The van der Waals surface area contributed by atoms with E-state index in [4.69, 9.17) is 0 Å². The lowest BCUT2D eigenvalue weighted by Crippen LogP contribution is -2.39. The van der Waals surface area contributed by atoms with Crippen molar-refractivity contribution in [1.29, 1.82) is 0 Å². The van der Waals surface area contributed by atoms with Crippen LogP contribution in [0.4, 0.5) is 0 Å². The van der Waals surface area contributed by atoms with Crippen molar-refractivity contribution in [2.75, 3.05) is 6.54 Å². The molecule has 1 aromatic heterocycles. The Hall–Kier alpha value is -2.23. The van der Waals surface area contributed by atoms with Crippen LogP contribution in [0.2, 0.25) is 0 Å². The second kappa shape index (κ2) is 3.88. The van der Waals surface area contributed by atoms with Crippen LogP contribution in [-0.2, 0) is 18.3 Å². The van der Waals surface area contributed by atoms with E-state index < -0.39 is 0 Å². The van der Waals surface area contributed by atoms with Crippen molar-refractivity contribution < 1.29 is 9.90 Å². The first-order chi connectivity index (χ1) is 9.68. The van der Waals surface area contributed by atoms with Crippen molar-refractivity contribution in [3.05, 3.63) is 41.1 Å². The molecule has 1 atom stereocenters. The number of nitrogens with one attached hydrogen (secondary N) is 1. The molecule has 0 radical (unpaired) electrons. The fourth-order valence-electron chi connectivity index (χ4n) is 3.64. The number of carbonyl (C=O) groups is 1. The molecule has 4 rings (SSSR count). The molecule has 0 bridgehead atoms. The Balaban J connectivity index is 2.06. The second-order valence-electron chi connectivity index (χ2n) is 5.61. The van der Waals surface area contributed by atoms with Gasteiger partial charge in [-0.2, -0.15) is 0 Å². The van der Waals surface area contributed by atoms with Crippen molar-refractivity contribution >= 4 is 22.6 Å². The smallest absolute Gasteiger partial charge is 0.251 e. The lowest BCUT2D eigenvalue weighted by atomic mass is 9.80. The third-order valence-electron chi connectivity index (χ3n) is 4.57. The fraction of sp³-hybridized carbons (Fsp3) is 0.312. The molecule has 0 spiro atoms. The molecule has 102 valence electrons. The monoisotopic (exact) mass is 268 g/mol. The van der Waals surface area contributed by atoms with Gasteiger partial charge >= 0.3 is 0 Å². The lowest BCUT2D eigenvalue weighted by Gasteiger charge is -2.30. The molecule has 1 aromatic carbocycles. The van der Waals surface area contributed by atoms with E-state index >= 15 is 0 Å². The molecule has 1 fully saturated rings. The van der Waals surface area contributed by atoms with Crippen LogP contribution < -0.4 is 5.32 Å². The zero-order valence-corrected chi connectivity index (χ0v) is 11.3. The Kier molecular flexibility index (Phi) is 2.25. The first-order valence-corrected chi connectivity index (χ1v) is 6.96. The third-order valence-corrected chi connectivity index (χ3v) is 4.57. The number of benzene rings is 1. The number of rotatable bonds is 0. The number of hydrogen-bond acceptors (Lipinski definition) is 2. The maximum atomic E-state index is 12.0. The number of amides is 1. The van der Waals surface area contributed by atoms with Crippen molar-refractivity contribution in [2.45, 2.75) is 12.8 Å². The molecular weight excluding hydrogens is 252 g/mol. The highest BCUT2D eigenvalue weighted by molar-refractivity contribution is 6.03. The van der Waals surface area contributed by atoms with Gasteiger partial charge in [-0.05, 0) is 30.4 Å². The van der Waals surface area contributed by atoms with Crippen molar-refractivity contribution in [1.82, 2.24) is 9.88 Å². The van der Waals surface area contributed by atoms with E-state index in [2.05, 4.69) is 17.4 Å². The van der Waals surface area contributed by atoms with E-state index in [-0.39, 0.29) is 17.6 Å². The first-order valence-electron chi connectivity index (χ1n) is 6.96. The highest BCUT2D eigenvalue weighted by Crippen LogP contribution is 2.41. The van der Waals surface area contributed by atoms with E-state index in [1.54, 1.807) is 0 Å². The second-order valence-corrected chi connectivity index (χ2v) is 5.61. The Labute approximate surface area is 116 Å². The highest BCUT2D eigenvalue weighted by atomic mass is 16.3. The SMILES string of the molecule is Cn1c2c(c3ccccc31)CC1CCNC(=O)C1=C2O. The normalized spacial score (nSPS) is 21.6. The highest BCUT2D eigenvalue weighted by Gasteiger charge is 2.36. The molecule has 1 amide bonds. The molecular formula is C16H16N2O2. The minimum atomic E-state index is -0.116. The van der Waals surface area contributed by atoms with E-state index in [1.165, 1.54) is 10.9 Å². The molecule has 1 saturated heterocycles. The van der Waals surface area contributed by atoms with E-state index in [0.29, 0.717) is 12.1 Å². The maximum Gasteiger partial charge on any atom is 0.251 e. The van der Waals surface area contributed by atoms with E-state index in [9.17, 15) is 9.90 Å². The van der Waals surface area contributed by atoms with Crippen molar-refractivity contribution in [3.63, 3.8) is 0 Å². The number of fused-ring (bicyclic) bond motifs is 4. The number of nitrogens with zero attached hydrogens (tertiary/aromatic N) is 1. The number of aliphatic hydroxyl groups excluding tert-OH is 1. The molecule has 4 nitrogen and oxygen atoms in total. The fourth-order valence-corrected chi connectivity index (χ4v) is 3.64. The predicted molar refractivity (Wildman–Crippen MR) is 77.3 cm³/mol. The van der Waals surface area contributed by atoms with Gasteiger partial charge in [-0.15, -0.1) is 0 Å². The number of carbonyl (C=O) groups excluding carboxylic acids is 1. The summed E-state index contributed by atoms with van der Waals surface area (Å²) in [5.41, 5.74) is 3.64. The summed E-state index contributed by atoms with van der Waals surface area (Å²) in [6, 6.07) is 8.16. The largest absolute Gasteiger partial charge is 0.505 e. The van der Waals surface area contributed by atoms with Crippen LogP contribution in [0, 0.1) is 5.92 Å². The van der Waals surface area contributed by atoms with Crippen LogP contribution in [0.3, 0.4) is 0 Å². The van der Waals surface area contributed by atoms with Gasteiger partial charge in [0.2, 0.25) is 0 Å². The van der Waals surface area contributed by atoms with Gasteiger partial charge in [-0.1, -0.05) is 18.2 Å². The first kappa shape index (κ1) is 11.6. The van der Waals surface area contributed by atoms with E-state index in [1.807, 2.05) is 23.7 Å². The minimum absolute atomic E-state index is 0.116. The maximum absolute atomic E-state index is 12.0. The summed E-state index contributed by atoms with van der Waals surface area (Å²) in [7, 11) is 1.94. The van der Waals surface area contributed by atoms with E-state index in [0.717, 1.165) is 24.1 Å². The number of para-hydroxylation sites is 1. The standard InChI is InChI=1S/C16H16N2O2/c1-18-12-5-3-2-4-10(12)11-8-9-6-7-17-16(20)13(9)15(19)14(11)18/h2-5,9,19H,6-8H2,1H3,(H,17,20). The summed E-state index contributed by atoms with van der Waals surface area (Å²) in [4.78, 5) is 12.0. The summed E-state index contributed by atoms with van der Waals surface area (Å²) < 4.78 is 1.99. The van der Waals surface area contributed by atoms with Gasteiger partial charge in [-0.25, -0.2) is 0 Å². The van der Waals surface area contributed by atoms with Crippen molar-refractivity contribution in [2.24, 2.45) is 13.0 Å². The van der Waals surface area contributed by atoms with Gasteiger partial charge in [0.05, 0.1) is 11.3 Å². The van der Waals surface area contributed by atoms with Crippen LogP contribution in [0.5, 0.6) is 0 Å². The minimum Gasteiger partial charge on any atom is -0.505 e. The number of aromatic nitrogens is 1. The molecule has 2 heterocycles. The summed E-state index contributed by atoms with van der Waals surface area (Å²) in [5, 5.41) is 14.6. The molecule has 4 heteroatoms. The zero-order chi connectivity index (χ0) is 13.9. The number of aryl methyl sites for hydroxylation is 1. The van der Waals surface area contributed by atoms with Crippen LogP contribution in [-0.4, -0.2) is 22.1 Å². The molecule has 2 aliphatic rings. The van der Waals surface area contributed by atoms with Gasteiger partial charge < -0.3 is 15.0 Å². The average molecular weight is 268 g/mol. The Morgan fingerprint density at radius 2 is 2.15 bits per heavy atom. The van der Waals surface area contributed by atoms with Crippen molar-refractivity contribution in [3.8, 4) is 0 Å². The summed E-state index contributed by atoms with van der Waals surface area (Å²) in [5.74, 6) is 0.184. The summed E-state index contributed by atoms with van der Waals surface area (Å²) in [6.07, 6.45) is 1.73. The Morgan fingerprint density at radius 3 is 3.00 bits per heavy atom. The quantitative estimate of drug-likeness (QED) is 0.769. The third kappa shape index (κ3) is 1.33. The van der Waals surface area contributed by atoms with Crippen LogP contribution in [0.25, 0.3) is 16.7 Å². The molecule has 2 aromatic rings. The summed E-state index contributed by atoms with van der Waals surface area (Å²) >= 11 is 0. The number of aliphatic hydroxyl groups is 1. The van der Waals surface area contributed by atoms with Gasteiger partial charge in [0.15, 0.2) is 0 Å². The number of hydrogen-bond donors (Lipinski definition) is 2. The Morgan fingerprint density at radius 1 is 1.35 bits per heavy atom. The van der Waals surface area contributed by atoms with Gasteiger partial charge in [0, 0.05) is 24.5 Å². The number of piperidine rings is 1. The molecule has 1 aliphatic heterocycles. The molecule has 20 heavy (non-hydrogen) atoms. The Bertz CT molecular complexity index is 770. The zero-order valence-electron chi connectivity index (χ0n) is 11.3. The molecule has 1 aliphatic carbocycles. The van der Waals surface area contributed by atoms with Gasteiger partial charge in [0.1, 0.15) is 5.76 Å². The van der Waals surface area contributed by atoms with Gasteiger partial charge in [0.25, 0.3) is 5.91 Å². The predicted octanol–water partition coefficient (Wildman–Crippen LogP) is 2.14. The van der Waals surface area contributed by atoms with Gasteiger partial charge in [-0.3, -0.25) is 4.79 Å². The summed E-state index contributed by atoms with van der Waals surface area (Å²) in [6.45, 7) is 0.695.